The number of halogens is 1. The summed E-state index contributed by atoms with van der Waals surface area (Å²) < 4.78 is 1.15. The molecule has 1 aromatic carbocycles. The van der Waals surface area contributed by atoms with E-state index in [4.69, 9.17) is 0 Å². The first-order chi connectivity index (χ1) is 9.16. The van der Waals surface area contributed by atoms with Gasteiger partial charge >= 0.3 is 0 Å². The molecule has 0 spiro atoms. The van der Waals surface area contributed by atoms with E-state index in [0.29, 0.717) is 5.78 Å². The van der Waals surface area contributed by atoms with Crippen LogP contribution in [0.5, 0.6) is 0 Å². The van der Waals surface area contributed by atoms with Gasteiger partial charge < -0.3 is 4.90 Å². The number of Topliss-reactive ketones (excluding diaryl/α,β-unsaturated/α-hetero) is 1. The largest absolute Gasteiger partial charge is 0.301 e. The molecule has 0 aliphatic heterocycles. The minimum Gasteiger partial charge on any atom is -0.301 e. The molecule has 2 rings (SSSR count). The molecule has 1 aliphatic carbocycles. The van der Waals surface area contributed by atoms with E-state index < -0.39 is 0 Å². The van der Waals surface area contributed by atoms with Gasteiger partial charge in [0, 0.05) is 29.9 Å². The maximum Gasteiger partial charge on any atom is 0.137 e. The molecule has 0 N–H and O–H groups in total. The van der Waals surface area contributed by atoms with Gasteiger partial charge in [-0.15, -0.1) is 0 Å². The third kappa shape index (κ3) is 4.43. The first kappa shape index (κ1) is 14.7. The predicted molar refractivity (Wildman–Crippen MR) is 82.1 cm³/mol. The summed E-state index contributed by atoms with van der Waals surface area (Å²) in [6.07, 6.45) is 5.37. The fourth-order valence-electron chi connectivity index (χ4n) is 2.78. The van der Waals surface area contributed by atoms with Crippen molar-refractivity contribution in [1.29, 1.82) is 0 Å². The normalized spacial score (nSPS) is 20.6. The first-order valence-corrected chi connectivity index (χ1v) is 7.91. The Labute approximate surface area is 124 Å². The molecule has 19 heavy (non-hydrogen) atoms. The van der Waals surface area contributed by atoms with E-state index in [0.717, 1.165) is 36.8 Å². The molecule has 0 heterocycles. The van der Waals surface area contributed by atoms with Crippen LogP contribution in [0.15, 0.2) is 28.7 Å². The highest BCUT2D eigenvalue weighted by Gasteiger charge is 2.22. The quantitative estimate of drug-likeness (QED) is 0.780. The topological polar surface area (TPSA) is 20.3 Å². The highest BCUT2D eigenvalue weighted by molar-refractivity contribution is 9.10. The van der Waals surface area contributed by atoms with Crippen molar-refractivity contribution in [2.75, 3.05) is 13.6 Å². The number of carbonyl (C=O) groups is 1. The van der Waals surface area contributed by atoms with E-state index in [9.17, 15) is 4.79 Å². The molecular weight excluding hydrogens is 302 g/mol. The lowest BCUT2D eigenvalue weighted by Crippen LogP contribution is -2.29. The average Bonchev–Trinajstić information content (AvgIpc) is 2.58. The second kappa shape index (κ2) is 7.20. The van der Waals surface area contributed by atoms with Crippen LogP contribution in [0.25, 0.3) is 0 Å². The lowest BCUT2D eigenvalue weighted by molar-refractivity contribution is -0.123. The van der Waals surface area contributed by atoms with E-state index in [1.54, 1.807) is 0 Å². The van der Waals surface area contributed by atoms with Crippen LogP contribution in [0.1, 0.15) is 37.7 Å². The van der Waals surface area contributed by atoms with Crippen molar-refractivity contribution in [3.63, 3.8) is 0 Å². The van der Waals surface area contributed by atoms with Gasteiger partial charge in [-0.2, -0.15) is 0 Å². The molecule has 1 fully saturated rings. The lowest BCUT2D eigenvalue weighted by Gasteiger charge is -2.22. The number of ketones is 1. The van der Waals surface area contributed by atoms with Gasteiger partial charge in [0.15, 0.2) is 0 Å². The van der Waals surface area contributed by atoms with Crippen molar-refractivity contribution in [2.45, 2.75) is 38.6 Å². The number of hydrogen-bond donors (Lipinski definition) is 0. The summed E-state index contributed by atoms with van der Waals surface area (Å²) in [5.74, 6) is 0.714. The van der Waals surface area contributed by atoms with Crippen LogP contribution < -0.4 is 0 Å². The Morgan fingerprint density at radius 1 is 1.26 bits per heavy atom. The van der Waals surface area contributed by atoms with Crippen LogP contribution in [-0.2, 0) is 11.3 Å². The minimum atomic E-state index is 0.245. The fraction of sp³-hybridized carbons (Fsp3) is 0.562. The Balaban J connectivity index is 1.91. The summed E-state index contributed by atoms with van der Waals surface area (Å²) in [6, 6.07) is 8.29. The number of hydrogen-bond acceptors (Lipinski definition) is 2. The molecule has 0 saturated heterocycles. The molecule has 1 saturated carbocycles. The minimum absolute atomic E-state index is 0.245. The van der Waals surface area contributed by atoms with Crippen molar-refractivity contribution in [3.05, 3.63) is 34.3 Å². The van der Waals surface area contributed by atoms with Gasteiger partial charge in [-0.1, -0.05) is 47.0 Å². The molecule has 0 aromatic heterocycles. The number of carbonyl (C=O) groups excluding carboxylic acids is 1. The molecule has 1 atom stereocenters. The van der Waals surface area contributed by atoms with Crippen molar-refractivity contribution in [3.8, 4) is 0 Å². The van der Waals surface area contributed by atoms with Gasteiger partial charge in [0.05, 0.1) is 0 Å². The molecule has 1 aromatic rings. The molecule has 2 nitrogen and oxygen atoms in total. The summed E-state index contributed by atoms with van der Waals surface area (Å²) in [7, 11) is 2.11. The predicted octanol–water partition coefficient (Wildman–Crippen LogP) is 4.03. The van der Waals surface area contributed by atoms with Gasteiger partial charge in [0.1, 0.15) is 5.78 Å². The van der Waals surface area contributed by atoms with Crippen molar-refractivity contribution in [2.24, 2.45) is 5.92 Å². The van der Waals surface area contributed by atoms with Crippen LogP contribution in [0.3, 0.4) is 0 Å². The van der Waals surface area contributed by atoms with Crippen LogP contribution in [0.4, 0.5) is 0 Å². The van der Waals surface area contributed by atoms with E-state index >= 15 is 0 Å². The van der Waals surface area contributed by atoms with Gasteiger partial charge in [-0.25, -0.2) is 0 Å². The second-order valence-corrected chi connectivity index (χ2v) is 6.41. The monoisotopic (exact) mass is 323 g/mol. The van der Waals surface area contributed by atoms with Crippen molar-refractivity contribution < 1.29 is 4.79 Å². The van der Waals surface area contributed by atoms with E-state index in [2.05, 4.69) is 46.1 Å². The average molecular weight is 324 g/mol. The summed E-state index contributed by atoms with van der Waals surface area (Å²) in [4.78, 5) is 14.3. The third-order valence-corrected chi connectivity index (χ3v) is 4.63. The van der Waals surface area contributed by atoms with Crippen LogP contribution in [0.2, 0.25) is 0 Å². The molecule has 0 radical (unpaired) electrons. The van der Waals surface area contributed by atoms with E-state index in [1.165, 1.54) is 18.4 Å². The number of benzene rings is 1. The molecule has 104 valence electrons. The SMILES string of the molecule is CN(Cc1ccccc1Br)CC1CCCCCC1=O. The zero-order valence-corrected chi connectivity index (χ0v) is 13.2. The Hall–Kier alpha value is -0.670. The number of rotatable bonds is 4. The smallest absolute Gasteiger partial charge is 0.137 e. The van der Waals surface area contributed by atoms with Crippen molar-refractivity contribution >= 4 is 21.7 Å². The summed E-state index contributed by atoms with van der Waals surface area (Å²) in [5, 5.41) is 0. The molecule has 1 unspecified atom stereocenters. The van der Waals surface area contributed by atoms with Gasteiger partial charge in [-0.3, -0.25) is 4.79 Å². The van der Waals surface area contributed by atoms with Crippen molar-refractivity contribution in [1.82, 2.24) is 4.90 Å². The van der Waals surface area contributed by atoms with Crippen LogP contribution in [-0.4, -0.2) is 24.3 Å². The zero-order chi connectivity index (χ0) is 13.7. The molecule has 0 amide bonds. The Morgan fingerprint density at radius 3 is 2.84 bits per heavy atom. The fourth-order valence-corrected chi connectivity index (χ4v) is 3.19. The van der Waals surface area contributed by atoms with Gasteiger partial charge in [0.2, 0.25) is 0 Å². The highest BCUT2D eigenvalue weighted by Crippen LogP contribution is 2.22. The molecule has 1 aliphatic rings. The molecule has 3 heteroatoms. The maximum atomic E-state index is 12.0. The number of nitrogens with zero attached hydrogens (tertiary/aromatic N) is 1. The standard InChI is InChI=1S/C16H22BrNO/c1-18(11-13-7-5-6-9-15(13)17)12-14-8-3-2-4-10-16(14)19/h5-7,9,14H,2-4,8,10-12H2,1H3. The van der Waals surface area contributed by atoms with E-state index in [-0.39, 0.29) is 5.92 Å². The second-order valence-electron chi connectivity index (χ2n) is 5.55. The summed E-state index contributed by atoms with van der Waals surface area (Å²) in [5.41, 5.74) is 1.28. The Kier molecular flexibility index (Phi) is 5.59. The molecule has 0 bridgehead atoms. The van der Waals surface area contributed by atoms with E-state index in [1.807, 2.05) is 6.07 Å². The first-order valence-electron chi connectivity index (χ1n) is 7.11. The third-order valence-electron chi connectivity index (χ3n) is 3.86. The Morgan fingerprint density at radius 2 is 2.05 bits per heavy atom. The van der Waals surface area contributed by atoms with Gasteiger partial charge in [-0.05, 0) is 31.5 Å². The Bertz CT molecular complexity index is 433. The maximum absolute atomic E-state index is 12.0. The van der Waals surface area contributed by atoms with Crippen LogP contribution in [0, 0.1) is 5.92 Å². The summed E-state index contributed by atoms with van der Waals surface area (Å²) in [6.45, 7) is 1.78. The lowest BCUT2D eigenvalue weighted by atomic mass is 9.98. The highest BCUT2D eigenvalue weighted by atomic mass is 79.9. The molecular formula is C16H22BrNO. The summed E-state index contributed by atoms with van der Waals surface area (Å²) >= 11 is 3.58. The zero-order valence-electron chi connectivity index (χ0n) is 11.6. The van der Waals surface area contributed by atoms with Crippen LogP contribution >= 0.6 is 15.9 Å². The van der Waals surface area contributed by atoms with Gasteiger partial charge in [0.25, 0.3) is 0 Å².